The minimum absolute atomic E-state index is 0.462. The first-order chi connectivity index (χ1) is 7.36. The molecule has 2 rings (SSSR count). The highest BCUT2D eigenvalue weighted by atomic mass is 15.3. The Morgan fingerprint density at radius 1 is 1.40 bits per heavy atom. The van der Waals surface area contributed by atoms with Gasteiger partial charge in [-0.2, -0.15) is 5.10 Å². The zero-order chi connectivity index (χ0) is 10.7. The van der Waals surface area contributed by atoms with Gasteiger partial charge in [-0.25, -0.2) is 0 Å². The molecule has 0 atom stereocenters. The first-order valence-corrected chi connectivity index (χ1v) is 4.94. The molecule has 15 heavy (non-hydrogen) atoms. The number of terminal acetylenes is 1. The highest BCUT2D eigenvalue weighted by Gasteiger charge is 2.07. The molecule has 1 aromatic carbocycles. The van der Waals surface area contributed by atoms with E-state index in [2.05, 4.69) is 11.0 Å². The quantitative estimate of drug-likeness (QED) is 0.762. The number of hydrogen-bond donors (Lipinski definition) is 1. The summed E-state index contributed by atoms with van der Waals surface area (Å²) < 4.78 is 1.93. The van der Waals surface area contributed by atoms with Crippen molar-refractivity contribution in [1.82, 2.24) is 9.78 Å². The molecule has 1 aromatic heterocycles. The van der Waals surface area contributed by atoms with Crippen molar-refractivity contribution < 1.29 is 0 Å². The smallest absolute Gasteiger partial charge is 0.0838 e. The van der Waals surface area contributed by atoms with Gasteiger partial charge >= 0.3 is 0 Å². The maximum atomic E-state index is 5.64. The summed E-state index contributed by atoms with van der Waals surface area (Å²) in [6.45, 7) is 1.21. The Morgan fingerprint density at radius 3 is 2.93 bits per heavy atom. The van der Waals surface area contributed by atoms with E-state index >= 15 is 0 Å². The van der Waals surface area contributed by atoms with Crippen molar-refractivity contribution in [2.45, 2.75) is 19.5 Å². The van der Waals surface area contributed by atoms with Gasteiger partial charge in [0.05, 0.1) is 17.8 Å². The molecule has 3 heteroatoms. The summed E-state index contributed by atoms with van der Waals surface area (Å²) in [6.07, 6.45) is 5.93. The molecule has 2 aromatic rings. The average Bonchev–Trinajstić information content (AvgIpc) is 2.65. The predicted octanol–water partition coefficient (Wildman–Crippen LogP) is 1.52. The Kier molecular flexibility index (Phi) is 2.70. The van der Waals surface area contributed by atoms with Crippen LogP contribution in [0.3, 0.4) is 0 Å². The Hall–Kier alpha value is -1.79. The SMILES string of the molecule is C#CCCn1nc(CN)c2ccccc21. The van der Waals surface area contributed by atoms with Crippen molar-refractivity contribution in [3.05, 3.63) is 30.0 Å². The van der Waals surface area contributed by atoms with Crippen molar-refractivity contribution in [2.24, 2.45) is 5.73 Å². The summed E-state index contributed by atoms with van der Waals surface area (Å²) in [4.78, 5) is 0. The van der Waals surface area contributed by atoms with Gasteiger partial charge in [-0.3, -0.25) is 4.68 Å². The van der Waals surface area contributed by atoms with Gasteiger partial charge in [-0.1, -0.05) is 18.2 Å². The first kappa shape index (κ1) is 9.75. The van der Waals surface area contributed by atoms with Crippen molar-refractivity contribution in [3.63, 3.8) is 0 Å². The zero-order valence-corrected chi connectivity index (χ0v) is 8.48. The molecule has 0 radical (unpaired) electrons. The number of aryl methyl sites for hydroxylation is 1. The predicted molar refractivity (Wildman–Crippen MR) is 61.1 cm³/mol. The second-order valence-electron chi connectivity index (χ2n) is 3.35. The van der Waals surface area contributed by atoms with E-state index in [1.807, 2.05) is 28.9 Å². The number of nitrogens with two attached hydrogens (primary N) is 1. The molecule has 0 aliphatic rings. The monoisotopic (exact) mass is 199 g/mol. The van der Waals surface area contributed by atoms with Gasteiger partial charge < -0.3 is 5.73 Å². The fraction of sp³-hybridized carbons (Fsp3) is 0.250. The second-order valence-corrected chi connectivity index (χ2v) is 3.35. The summed E-state index contributed by atoms with van der Waals surface area (Å²) >= 11 is 0. The van der Waals surface area contributed by atoms with Gasteiger partial charge in [-0.15, -0.1) is 12.3 Å². The van der Waals surface area contributed by atoms with Crippen molar-refractivity contribution >= 4 is 10.9 Å². The second kappa shape index (κ2) is 4.16. The lowest BCUT2D eigenvalue weighted by Gasteiger charge is -1.98. The van der Waals surface area contributed by atoms with Crippen LogP contribution >= 0.6 is 0 Å². The third-order valence-corrected chi connectivity index (χ3v) is 2.40. The molecule has 0 fully saturated rings. The van der Waals surface area contributed by atoms with Gasteiger partial charge in [0.2, 0.25) is 0 Å². The Balaban J connectivity index is 2.51. The largest absolute Gasteiger partial charge is 0.325 e. The molecule has 0 bridgehead atoms. The maximum Gasteiger partial charge on any atom is 0.0838 e. The molecule has 0 aliphatic carbocycles. The van der Waals surface area contributed by atoms with Crippen LogP contribution in [0.2, 0.25) is 0 Å². The first-order valence-electron chi connectivity index (χ1n) is 4.94. The molecule has 0 aliphatic heterocycles. The Morgan fingerprint density at radius 2 is 2.20 bits per heavy atom. The van der Waals surface area contributed by atoms with Crippen molar-refractivity contribution in [2.75, 3.05) is 0 Å². The molecule has 76 valence electrons. The van der Waals surface area contributed by atoms with Crippen LogP contribution in [0.25, 0.3) is 10.9 Å². The van der Waals surface area contributed by atoms with Gasteiger partial charge in [-0.05, 0) is 6.07 Å². The lowest BCUT2D eigenvalue weighted by Crippen LogP contribution is -2.02. The summed E-state index contributed by atoms with van der Waals surface area (Å²) in [5.74, 6) is 2.62. The normalized spacial score (nSPS) is 10.4. The zero-order valence-electron chi connectivity index (χ0n) is 8.48. The van der Waals surface area contributed by atoms with Crippen molar-refractivity contribution in [3.8, 4) is 12.3 Å². The number of aromatic nitrogens is 2. The van der Waals surface area contributed by atoms with Gasteiger partial charge in [0.15, 0.2) is 0 Å². The Bertz CT molecular complexity index is 505. The van der Waals surface area contributed by atoms with Gasteiger partial charge in [0.1, 0.15) is 0 Å². The van der Waals surface area contributed by atoms with Crippen LogP contribution in [0.15, 0.2) is 24.3 Å². The van der Waals surface area contributed by atoms with Crippen molar-refractivity contribution in [1.29, 1.82) is 0 Å². The van der Waals surface area contributed by atoms with E-state index in [1.165, 1.54) is 0 Å². The molecule has 0 spiro atoms. The van der Waals surface area contributed by atoms with Crippen LogP contribution < -0.4 is 5.73 Å². The van der Waals surface area contributed by atoms with E-state index in [0.29, 0.717) is 13.0 Å². The molecule has 0 unspecified atom stereocenters. The molecule has 2 N–H and O–H groups in total. The molecule has 1 heterocycles. The van der Waals surface area contributed by atoms with Gasteiger partial charge in [0, 0.05) is 18.4 Å². The van der Waals surface area contributed by atoms with E-state index in [-0.39, 0.29) is 0 Å². The molecule has 0 amide bonds. The number of rotatable bonds is 3. The minimum atomic E-state index is 0.462. The van der Waals surface area contributed by atoms with E-state index in [0.717, 1.165) is 23.1 Å². The molecule has 3 nitrogen and oxygen atoms in total. The van der Waals surface area contributed by atoms with E-state index < -0.39 is 0 Å². The Labute approximate surface area is 88.9 Å². The lowest BCUT2D eigenvalue weighted by molar-refractivity contribution is 0.640. The number of nitrogens with zero attached hydrogens (tertiary/aromatic N) is 2. The fourth-order valence-corrected chi connectivity index (χ4v) is 1.69. The van der Waals surface area contributed by atoms with Crippen LogP contribution in [-0.2, 0) is 13.1 Å². The highest BCUT2D eigenvalue weighted by Crippen LogP contribution is 2.17. The summed E-state index contributed by atoms with van der Waals surface area (Å²) in [7, 11) is 0. The van der Waals surface area contributed by atoms with Gasteiger partial charge in [0.25, 0.3) is 0 Å². The number of benzene rings is 1. The molecule has 0 saturated carbocycles. The summed E-state index contributed by atoms with van der Waals surface area (Å²) in [6, 6.07) is 8.07. The fourth-order valence-electron chi connectivity index (χ4n) is 1.69. The summed E-state index contributed by atoms with van der Waals surface area (Å²) in [5, 5.41) is 5.56. The van der Waals surface area contributed by atoms with E-state index in [1.54, 1.807) is 0 Å². The molecular formula is C12H13N3. The highest BCUT2D eigenvalue weighted by molar-refractivity contribution is 5.81. The van der Waals surface area contributed by atoms with Crippen LogP contribution in [0, 0.1) is 12.3 Å². The number of fused-ring (bicyclic) bond motifs is 1. The third-order valence-electron chi connectivity index (χ3n) is 2.40. The van der Waals surface area contributed by atoms with Crippen LogP contribution in [0.4, 0.5) is 0 Å². The summed E-state index contributed by atoms with van der Waals surface area (Å²) in [5.41, 5.74) is 7.68. The topological polar surface area (TPSA) is 43.8 Å². The number of para-hydroxylation sites is 1. The standard InChI is InChI=1S/C12H13N3/c1-2-3-8-15-12-7-5-4-6-10(12)11(9-13)14-15/h1,4-7H,3,8-9,13H2. The molecule has 0 saturated heterocycles. The lowest BCUT2D eigenvalue weighted by atomic mass is 10.2. The van der Waals surface area contributed by atoms with Crippen LogP contribution in [-0.4, -0.2) is 9.78 Å². The van der Waals surface area contributed by atoms with Crippen LogP contribution in [0.5, 0.6) is 0 Å². The maximum absolute atomic E-state index is 5.64. The van der Waals surface area contributed by atoms with Crippen LogP contribution in [0.1, 0.15) is 12.1 Å². The average molecular weight is 199 g/mol. The third kappa shape index (κ3) is 1.72. The van der Waals surface area contributed by atoms with E-state index in [4.69, 9.17) is 12.2 Å². The molecular weight excluding hydrogens is 186 g/mol. The number of hydrogen-bond acceptors (Lipinski definition) is 2. The van der Waals surface area contributed by atoms with E-state index in [9.17, 15) is 0 Å². The minimum Gasteiger partial charge on any atom is -0.325 e.